The van der Waals surface area contributed by atoms with Gasteiger partial charge in [0.25, 0.3) is 0 Å². The molecule has 0 saturated heterocycles. The Balaban J connectivity index is 1.94. The maximum Gasteiger partial charge on any atom is 0.183 e. The first kappa shape index (κ1) is 12.9. The van der Waals surface area contributed by atoms with Crippen LogP contribution in [-0.2, 0) is 6.54 Å². The van der Waals surface area contributed by atoms with Gasteiger partial charge in [-0.2, -0.15) is 0 Å². The Hall–Kier alpha value is -2.13. The van der Waals surface area contributed by atoms with Crippen molar-refractivity contribution in [2.24, 2.45) is 0 Å². The van der Waals surface area contributed by atoms with E-state index in [-0.39, 0.29) is 18.1 Å². The molecule has 3 aromatic rings. The second-order valence-electron chi connectivity index (χ2n) is 4.55. The van der Waals surface area contributed by atoms with Gasteiger partial charge in [-0.1, -0.05) is 23.7 Å². The number of halogens is 2. The van der Waals surface area contributed by atoms with Gasteiger partial charge in [0.2, 0.25) is 0 Å². The van der Waals surface area contributed by atoms with Crippen LogP contribution < -0.4 is 0 Å². The van der Waals surface area contributed by atoms with Gasteiger partial charge in [-0.15, -0.1) is 0 Å². The van der Waals surface area contributed by atoms with E-state index in [2.05, 4.69) is 0 Å². The molecule has 0 aliphatic rings. The van der Waals surface area contributed by atoms with Crippen molar-refractivity contribution in [2.45, 2.75) is 6.54 Å². The lowest BCUT2D eigenvalue weighted by molar-refractivity contribution is 0.0974. The summed E-state index contributed by atoms with van der Waals surface area (Å²) in [6.45, 7) is 0.179. The van der Waals surface area contributed by atoms with Crippen molar-refractivity contribution < 1.29 is 9.18 Å². The summed E-state index contributed by atoms with van der Waals surface area (Å²) in [5, 5.41) is 1.22. The summed E-state index contributed by atoms with van der Waals surface area (Å²) < 4.78 is 14.9. The summed E-state index contributed by atoms with van der Waals surface area (Å²) in [6.07, 6.45) is 1.78. The van der Waals surface area contributed by atoms with E-state index in [1.165, 1.54) is 12.1 Å². The number of nitrogens with zero attached hydrogens (tertiary/aromatic N) is 1. The minimum absolute atomic E-state index is 0.0718. The van der Waals surface area contributed by atoms with Gasteiger partial charge in [-0.05, 0) is 36.4 Å². The van der Waals surface area contributed by atoms with Gasteiger partial charge in [0, 0.05) is 22.7 Å². The number of hydrogen-bond acceptors (Lipinski definition) is 1. The monoisotopic (exact) mass is 287 g/mol. The van der Waals surface area contributed by atoms with E-state index in [9.17, 15) is 9.18 Å². The predicted molar refractivity (Wildman–Crippen MR) is 77.7 cm³/mol. The Bertz CT molecular complexity index is 794. The molecule has 0 aliphatic heterocycles. The topological polar surface area (TPSA) is 22.0 Å². The lowest BCUT2D eigenvalue weighted by Gasteiger charge is -2.06. The van der Waals surface area contributed by atoms with Crippen LogP contribution in [0.2, 0.25) is 5.02 Å². The number of fused-ring (bicyclic) bond motifs is 1. The highest BCUT2D eigenvalue weighted by atomic mass is 35.5. The van der Waals surface area contributed by atoms with Gasteiger partial charge in [0.1, 0.15) is 5.82 Å². The van der Waals surface area contributed by atoms with Crippen LogP contribution >= 0.6 is 11.6 Å². The number of carbonyl (C=O) groups excluding carboxylic acids is 1. The lowest BCUT2D eigenvalue weighted by atomic mass is 10.1. The zero-order valence-corrected chi connectivity index (χ0v) is 11.3. The van der Waals surface area contributed by atoms with Crippen LogP contribution in [0, 0.1) is 5.82 Å². The van der Waals surface area contributed by atoms with E-state index in [4.69, 9.17) is 11.6 Å². The summed E-state index contributed by atoms with van der Waals surface area (Å²) in [4.78, 5) is 12.3. The summed E-state index contributed by atoms with van der Waals surface area (Å²) in [6, 6.07) is 13.3. The molecular weight excluding hydrogens is 277 g/mol. The zero-order chi connectivity index (χ0) is 14.1. The quantitative estimate of drug-likeness (QED) is 0.658. The van der Waals surface area contributed by atoms with E-state index in [0.29, 0.717) is 10.6 Å². The third kappa shape index (κ3) is 2.32. The average Bonchev–Trinajstić information content (AvgIpc) is 2.81. The van der Waals surface area contributed by atoms with Crippen LogP contribution in [0.5, 0.6) is 0 Å². The van der Waals surface area contributed by atoms with Crippen molar-refractivity contribution in [2.75, 3.05) is 0 Å². The fourth-order valence-corrected chi connectivity index (χ4v) is 2.48. The van der Waals surface area contributed by atoms with E-state index in [1.54, 1.807) is 47.2 Å². The Kier molecular flexibility index (Phi) is 3.28. The zero-order valence-electron chi connectivity index (χ0n) is 10.5. The summed E-state index contributed by atoms with van der Waals surface area (Å²) in [5.41, 5.74) is 1.32. The molecule has 100 valence electrons. The van der Waals surface area contributed by atoms with Gasteiger partial charge in [-0.3, -0.25) is 4.79 Å². The maximum atomic E-state index is 13.1. The molecule has 0 spiro atoms. The van der Waals surface area contributed by atoms with Crippen molar-refractivity contribution >= 4 is 28.3 Å². The molecule has 0 radical (unpaired) electrons. The van der Waals surface area contributed by atoms with Crippen LogP contribution in [-0.4, -0.2) is 10.4 Å². The number of ketones is 1. The molecule has 0 N–H and O–H groups in total. The first-order valence-electron chi connectivity index (χ1n) is 6.17. The van der Waals surface area contributed by atoms with Crippen LogP contribution in [0.4, 0.5) is 4.39 Å². The maximum absolute atomic E-state index is 13.1. The molecule has 0 bridgehead atoms. The van der Waals surface area contributed by atoms with Crippen molar-refractivity contribution in [1.82, 2.24) is 4.57 Å². The van der Waals surface area contributed by atoms with Crippen molar-refractivity contribution in [1.29, 1.82) is 0 Å². The fourth-order valence-electron chi connectivity index (χ4n) is 2.24. The highest BCUT2D eigenvalue weighted by Gasteiger charge is 2.11. The Labute approximate surface area is 120 Å². The second-order valence-corrected chi connectivity index (χ2v) is 4.96. The van der Waals surface area contributed by atoms with Crippen LogP contribution in [0.3, 0.4) is 0 Å². The number of benzene rings is 2. The summed E-state index contributed by atoms with van der Waals surface area (Å²) >= 11 is 6.02. The molecular formula is C16H11ClFNO. The van der Waals surface area contributed by atoms with Gasteiger partial charge in [0.15, 0.2) is 5.78 Å². The van der Waals surface area contributed by atoms with Crippen LogP contribution in [0.15, 0.2) is 54.7 Å². The second kappa shape index (κ2) is 5.10. The van der Waals surface area contributed by atoms with Crippen molar-refractivity contribution in [3.63, 3.8) is 0 Å². The first-order valence-corrected chi connectivity index (χ1v) is 6.55. The van der Waals surface area contributed by atoms with Gasteiger partial charge in [0.05, 0.1) is 11.6 Å². The van der Waals surface area contributed by atoms with E-state index in [1.807, 2.05) is 0 Å². The molecule has 20 heavy (non-hydrogen) atoms. The third-order valence-corrected chi connectivity index (χ3v) is 3.55. The molecule has 4 heteroatoms. The number of aromatic nitrogens is 1. The Morgan fingerprint density at radius 2 is 1.95 bits per heavy atom. The smallest absolute Gasteiger partial charge is 0.183 e. The normalized spacial score (nSPS) is 10.9. The number of rotatable bonds is 3. The minimum Gasteiger partial charge on any atom is -0.340 e. The molecule has 0 unspecified atom stereocenters. The standard InChI is InChI=1S/C16H11ClFNO/c17-14-4-2-1-3-13(14)16(20)10-19-8-7-11-9-12(18)5-6-15(11)19/h1-9H,10H2. The molecule has 0 fully saturated rings. The van der Waals surface area contributed by atoms with Crippen molar-refractivity contribution in [3.05, 3.63) is 71.1 Å². The predicted octanol–water partition coefficient (Wildman–Crippen LogP) is 4.32. The summed E-state index contributed by atoms with van der Waals surface area (Å²) in [5.74, 6) is -0.356. The van der Waals surface area contributed by atoms with Gasteiger partial charge < -0.3 is 4.57 Å². The molecule has 2 nitrogen and oxygen atoms in total. The molecule has 0 amide bonds. The van der Waals surface area contributed by atoms with Gasteiger partial charge >= 0.3 is 0 Å². The van der Waals surface area contributed by atoms with Gasteiger partial charge in [-0.25, -0.2) is 4.39 Å². The highest BCUT2D eigenvalue weighted by Crippen LogP contribution is 2.20. The SMILES string of the molecule is O=C(Cn1ccc2cc(F)ccc21)c1ccccc1Cl. The molecule has 1 heterocycles. The number of carbonyl (C=O) groups is 1. The van der Waals surface area contributed by atoms with E-state index in [0.717, 1.165) is 10.9 Å². The fraction of sp³-hybridized carbons (Fsp3) is 0.0625. The Morgan fingerprint density at radius 1 is 1.15 bits per heavy atom. The lowest BCUT2D eigenvalue weighted by Crippen LogP contribution is -2.09. The van der Waals surface area contributed by atoms with Crippen LogP contribution in [0.25, 0.3) is 10.9 Å². The van der Waals surface area contributed by atoms with E-state index < -0.39 is 0 Å². The minimum atomic E-state index is -0.285. The molecule has 0 saturated carbocycles. The largest absolute Gasteiger partial charge is 0.340 e. The molecule has 0 aliphatic carbocycles. The van der Waals surface area contributed by atoms with Crippen LogP contribution in [0.1, 0.15) is 10.4 Å². The molecule has 2 aromatic carbocycles. The molecule has 1 aromatic heterocycles. The number of Topliss-reactive ketones (excluding diaryl/α,β-unsaturated/α-hetero) is 1. The third-order valence-electron chi connectivity index (χ3n) is 3.22. The molecule has 0 atom stereocenters. The summed E-state index contributed by atoms with van der Waals surface area (Å²) in [7, 11) is 0. The highest BCUT2D eigenvalue weighted by molar-refractivity contribution is 6.33. The Morgan fingerprint density at radius 3 is 2.75 bits per heavy atom. The first-order chi connectivity index (χ1) is 9.65. The number of hydrogen-bond donors (Lipinski definition) is 0. The van der Waals surface area contributed by atoms with E-state index >= 15 is 0 Å². The molecule has 3 rings (SSSR count). The average molecular weight is 288 g/mol. The van der Waals surface area contributed by atoms with Crippen molar-refractivity contribution in [3.8, 4) is 0 Å².